The fraction of sp³-hybridized carbons (Fsp3) is 0.440. The molecule has 0 aliphatic carbocycles. The third kappa shape index (κ3) is 5.95. The Bertz CT molecular complexity index is 1150. The van der Waals surface area contributed by atoms with Gasteiger partial charge in [-0.1, -0.05) is 6.92 Å². The van der Waals surface area contributed by atoms with Gasteiger partial charge in [0, 0.05) is 38.4 Å². The summed E-state index contributed by atoms with van der Waals surface area (Å²) in [4.78, 5) is 26.2. The summed E-state index contributed by atoms with van der Waals surface area (Å²) in [5.74, 6) is 0.459. The van der Waals surface area contributed by atoms with E-state index in [9.17, 15) is 18.0 Å². The van der Waals surface area contributed by atoms with Crippen molar-refractivity contribution >= 4 is 27.5 Å². The minimum atomic E-state index is -3.69. The summed E-state index contributed by atoms with van der Waals surface area (Å²) in [7, 11) is -0.380. The SMILES string of the molecule is Cc1cc(C(=O)Nc2ccc(OCC(=O)N(C)C)cc2)cc(S(=O)(=O)N2CCC(C)CC2)c1C. The van der Waals surface area contributed by atoms with Crippen LogP contribution in [0.1, 0.15) is 41.3 Å². The van der Waals surface area contributed by atoms with Crippen LogP contribution in [0.3, 0.4) is 0 Å². The van der Waals surface area contributed by atoms with E-state index in [0.29, 0.717) is 36.0 Å². The van der Waals surface area contributed by atoms with Gasteiger partial charge >= 0.3 is 0 Å². The first kappa shape index (κ1) is 25.7. The Hall–Kier alpha value is -2.91. The van der Waals surface area contributed by atoms with E-state index >= 15 is 0 Å². The van der Waals surface area contributed by atoms with Crippen LogP contribution in [0.5, 0.6) is 5.75 Å². The van der Waals surface area contributed by atoms with E-state index in [2.05, 4.69) is 12.2 Å². The Morgan fingerprint density at radius 3 is 2.29 bits per heavy atom. The van der Waals surface area contributed by atoms with Gasteiger partial charge in [-0.15, -0.1) is 0 Å². The van der Waals surface area contributed by atoms with Crippen LogP contribution >= 0.6 is 0 Å². The summed E-state index contributed by atoms with van der Waals surface area (Å²) in [6.07, 6.45) is 1.67. The quantitative estimate of drug-likeness (QED) is 0.645. The first-order valence-electron chi connectivity index (χ1n) is 11.3. The maximum absolute atomic E-state index is 13.3. The van der Waals surface area contributed by atoms with Gasteiger partial charge in [0.25, 0.3) is 11.8 Å². The van der Waals surface area contributed by atoms with Gasteiger partial charge in [-0.3, -0.25) is 9.59 Å². The monoisotopic (exact) mass is 487 g/mol. The van der Waals surface area contributed by atoms with E-state index in [-0.39, 0.29) is 23.0 Å². The van der Waals surface area contributed by atoms with Gasteiger partial charge in [0.15, 0.2) is 6.61 Å². The number of ether oxygens (including phenoxy) is 1. The molecule has 0 radical (unpaired) electrons. The molecule has 1 N–H and O–H groups in total. The third-order valence-corrected chi connectivity index (χ3v) is 8.24. The molecule has 9 heteroatoms. The molecule has 1 heterocycles. The molecule has 0 atom stereocenters. The van der Waals surface area contributed by atoms with Crippen LogP contribution in [0.2, 0.25) is 0 Å². The van der Waals surface area contributed by atoms with Crippen LogP contribution in [0.4, 0.5) is 5.69 Å². The number of hydrogen-bond acceptors (Lipinski definition) is 5. The normalized spacial score (nSPS) is 15.1. The number of piperidine rings is 1. The Kier molecular flexibility index (Phi) is 7.99. The molecule has 1 saturated heterocycles. The fourth-order valence-electron chi connectivity index (χ4n) is 3.70. The number of nitrogens with one attached hydrogen (secondary N) is 1. The molecule has 184 valence electrons. The van der Waals surface area contributed by atoms with Crippen molar-refractivity contribution in [1.29, 1.82) is 0 Å². The summed E-state index contributed by atoms with van der Waals surface area (Å²) in [6.45, 7) is 6.63. The lowest BCUT2D eigenvalue weighted by molar-refractivity contribution is -0.130. The molecular formula is C25H33N3O5S. The molecule has 1 aliphatic rings. The Balaban J connectivity index is 1.75. The lowest BCUT2D eigenvalue weighted by Gasteiger charge is -2.30. The molecule has 3 rings (SSSR count). The average molecular weight is 488 g/mol. The van der Waals surface area contributed by atoms with Crippen LogP contribution in [0, 0.1) is 19.8 Å². The van der Waals surface area contributed by atoms with Gasteiger partial charge in [0.05, 0.1) is 4.90 Å². The number of amides is 2. The van der Waals surface area contributed by atoms with E-state index < -0.39 is 15.9 Å². The fourth-order valence-corrected chi connectivity index (χ4v) is 5.50. The van der Waals surface area contributed by atoms with Gasteiger partial charge in [-0.2, -0.15) is 4.31 Å². The van der Waals surface area contributed by atoms with Crippen molar-refractivity contribution < 1.29 is 22.7 Å². The smallest absolute Gasteiger partial charge is 0.259 e. The van der Waals surface area contributed by atoms with E-state index in [0.717, 1.165) is 18.4 Å². The van der Waals surface area contributed by atoms with Crippen LogP contribution in [-0.4, -0.2) is 63.2 Å². The van der Waals surface area contributed by atoms with Crippen molar-refractivity contribution in [3.05, 3.63) is 53.1 Å². The molecule has 0 aromatic heterocycles. The van der Waals surface area contributed by atoms with E-state index in [1.807, 2.05) is 6.92 Å². The zero-order chi connectivity index (χ0) is 25.0. The molecule has 1 fully saturated rings. The Morgan fingerprint density at radius 2 is 1.71 bits per heavy atom. The largest absolute Gasteiger partial charge is 0.484 e. The predicted octanol–water partition coefficient (Wildman–Crippen LogP) is 3.44. The number of rotatable bonds is 7. The molecule has 2 amide bonds. The molecule has 34 heavy (non-hydrogen) atoms. The van der Waals surface area contributed by atoms with Gasteiger partial charge in [0.2, 0.25) is 10.0 Å². The highest BCUT2D eigenvalue weighted by molar-refractivity contribution is 7.89. The topological polar surface area (TPSA) is 96.0 Å². The first-order valence-corrected chi connectivity index (χ1v) is 12.8. The number of nitrogens with zero attached hydrogens (tertiary/aromatic N) is 2. The van der Waals surface area contributed by atoms with Crippen molar-refractivity contribution in [3.8, 4) is 5.75 Å². The minimum Gasteiger partial charge on any atom is -0.484 e. The summed E-state index contributed by atoms with van der Waals surface area (Å²) in [6, 6.07) is 9.82. The van der Waals surface area contributed by atoms with Crippen LogP contribution in [0.25, 0.3) is 0 Å². The predicted molar refractivity (Wildman–Crippen MR) is 132 cm³/mol. The molecule has 2 aromatic carbocycles. The number of sulfonamides is 1. The molecule has 2 aromatic rings. The molecule has 0 bridgehead atoms. The third-order valence-electron chi connectivity index (χ3n) is 6.22. The standard InChI is InChI=1S/C25H33N3O5S/c1-17-10-12-28(13-11-17)34(31,32)23-15-20(14-18(2)19(23)3)25(30)26-21-6-8-22(9-7-21)33-16-24(29)27(4)5/h6-9,14-15,17H,10-13,16H2,1-5H3,(H,26,30). The van der Waals surface area contributed by atoms with Crippen molar-refractivity contribution in [1.82, 2.24) is 9.21 Å². The number of hydrogen-bond donors (Lipinski definition) is 1. The molecule has 1 aliphatic heterocycles. The summed E-state index contributed by atoms with van der Waals surface area (Å²) < 4.78 is 33.7. The number of benzene rings is 2. The van der Waals surface area contributed by atoms with Crippen LogP contribution in [-0.2, 0) is 14.8 Å². The average Bonchev–Trinajstić information content (AvgIpc) is 2.80. The van der Waals surface area contributed by atoms with Crippen molar-refractivity contribution in [2.75, 3.05) is 39.1 Å². The second-order valence-corrected chi connectivity index (χ2v) is 11.0. The van der Waals surface area contributed by atoms with Gasteiger partial charge < -0.3 is 15.0 Å². The van der Waals surface area contributed by atoms with Crippen LogP contribution < -0.4 is 10.1 Å². The molecule has 0 saturated carbocycles. The van der Waals surface area contributed by atoms with Crippen LogP contribution in [0.15, 0.2) is 41.3 Å². The maximum atomic E-state index is 13.3. The highest BCUT2D eigenvalue weighted by Gasteiger charge is 2.30. The van der Waals surface area contributed by atoms with Crippen molar-refractivity contribution in [2.45, 2.75) is 38.5 Å². The van der Waals surface area contributed by atoms with Gasteiger partial charge in [-0.25, -0.2) is 8.42 Å². The molecule has 0 unspecified atom stereocenters. The maximum Gasteiger partial charge on any atom is 0.259 e. The lowest BCUT2D eigenvalue weighted by atomic mass is 10.0. The van der Waals surface area contributed by atoms with E-state index in [1.165, 1.54) is 15.3 Å². The minimum absolute atomic E-state index is 0.0749. The van der Waals surface area contributed by atoms with E-state index in [1.54, 1.807) is 51.4 Å². The number of aryl methyl sites for hydroxylation is 1. The summed E-state index contributed by atoms with van der Waals surface area (Å²) >= 11 is 0. The highest BCUT2D eigenvalue weighted by atomic mass is 32.2. The lowest BCUT2D eigenvalue weighted by Crippen LogP contribution is -2.38. The van der Waals surface area contributed by atoms with Crippen molar-refractivity contribution in [2.24, 2.45) is 5.92 Å². The Morgan fingerprint density at radius 1 is 1.09 bits per heavy atom. The number of carbonyl (C=O) groups excluding carboxylic acids is 2. The van der Waals surface area contributed by atoms with Crippen molar-refractivity contribution in [3.63, 3.8) is 0 Å². The number of anilines is 1. The van der Waals surface area contributed by atoms with Gasteiger partial charge in [-0.05, 0) is 80.1 Å². The molecule has 8 nitrogen and oxygen atoms in total. The second-order valence-electron chi connectivity index (χ2n) is 9.06. The zero-order valence-electron chi connectivity index (χ0n) is 20.4. The first-order chi connectivity index (χ1) is 16.0. The molecule has 0 spiro atoms. The Labute approximate surface area is 201 Å². The zero-order valence-corrected chi connectivity index (χ0v) is 21.2. The number of carbonyl (C=O) groups is 2. The summed E-state index contributed by atoms with van der Waals surface area (Å²) in [5, 5.41) is 2.80. The van der Waals surface area contributed by atoms with Gasteiger partial charge in [0.1, 0.15) is 5.75 Å². The number of likely N-dealkylation sites (N-methyl/N-ethyl adjacent to an activating group) is 1. The highest BCUT2D eigenvalue weighted by Crippen LogP contribution is 2.28. The summed E-state index contributed by atoms with van der Waals surface area (Å²) in [5.41, 5.74) is 2.21. The molecular weight excluding hydrogens is 454 g/mol. The van der Waals surface area contributed by atoms with E-state index in [4.69, 9.17) is 4.74 Å². The second kappa shape index (κ2) is 10.6.